The first-order valence-electron chi connectivity index (χ1n) is 10.8. The standard InChI is InChI=1S/C25H33N3O/c1-24(2)16-11-17-25(3,4)28(24)29-19-21-18-27(22-14-9-6-10-15-22)23(26-21)20-12-7-5-8-13-20/h5-10,12-15,21H,11,16-19H2,1-4H3. The van der Waals surface area contributed by atoms with Gasteiger partial charge >= 0.3 is 0 Å². The molecule has 1 fully saturated rings. The van der Waals surface area contributed by atoms with Crippen molar-refractivity contribution in [1.29, 1.82) is 0 Å². The number of piperidine rings is 1. The van der Waals surface area contributed by atoms with Gasteiger partial charge in [-0.2, -0.15) is 5.06 Å². The maximum absolute atomic E-state index is 6.47. The Morgan fingerprint density at radius 2 is 1.48 bits per heavy atom. The van der Waals surface area contributed by atoms with Gasteiger partial charge in [-0.1, -0.05) is 48.5 Å². The number of amidine groups is 1. The van der Waals surface area contributed by atoms with Crippen LogP contribution in [0.25, 0.3) is 0 Å². The summed E-state index contributed by atoms with van der Waals surface area (Å²) in [6.45, 7) is 10.6. The number of nitrogens with zero attached hydrogens (tertiary/aromatic N) is 3. The molecular formula is C25H33N3O. The molecule has 2 heterocycles. The maximum atomic E-state index is 6.47. The summed E-state index contributed by atoms with van der Waals surface area (Å²) in [7, 11) is 0. The Balaban J connectivity index is 1.55. The van der Waals surface area contributed by atoms with Crippen molar-refractivity contribution in [3.63, 3.8) is 0 Å². The normalized spacial score (nSPS) is 23.8. The molecule has 0 bridgehead atoms. The van der Waals surface area contributed by atoms with Crippen LogP contribution < -0.4 is 4.90 Å². The first kappa shape index (κ1) is 20.1. The molecule has 2 aromatic rings. The maximum Gasteiger partial charge on any atom is 0.135 e. The predicted octanol–water partition coefficient (Wildman–Crippen LogP) is 5.30. The van der Waals surface area contributed by atoms with Gasteiger partial charge in [0.2, 0.25) is 0 Å². The molecule has 0 radical (unpaired) electrons. The van der Waals surface area contributed by atoms with Gasteiger partial charge in [0.25, 0.3) is 0 Å². The van der Waals surface area contributed by atoms with E-state index < -0.39 is 0 Å². The molecule has 4 rings (SSSR count). The summed E-state index contributed by atoms with van der Waals surface area (Å²) in [5.74, 6) is 1.03. The third-order valence-corrected chi connectivity index (χ3v) is 6.13. The van der Waals surface area contributed by atoms with Gasteiger partial charge in [0.05, 0.1) is 12.6 Å². The Morgan fingerprint density at radius 1 is 0.897 bits per heavy atom. The quantitative estimate of drug-likeness (QED) is 0.693. The lowest BCUT2D eigenvalue weighted by Crippen LogP contribution is -2.58. The molecule has 0 amide bonds. The summed E-state index contributed by atoms with van der Waals surface area (Å²) in [6, 6.07) is 21.1. The Bertz CT molecular complexity index is 829. The van der Waals surface area contributed by atoms with Crippen molar-refractivity contribution in [3.05, 3.63) is 66.2 Å². The van der Waals surface area contributed by atoms with Gasteiger partial charge in [0, 0.05) is 28.9 Å². The molecular weight excluding hydrogens is 358 g/mol. The van der Waals surface area contributed by atoms with Crippen molar-refractivity contribution in [1.82, 2.24) is 5.06 Å². The van der Waals surface area contributed by atoms with Crippen molar-refractivity contribution in [3.8, 4) is 0 Å². The molecule has 1 saturated heterocycles. The van der Waals surface area contributed by atoms with Crippen LogP contribution in [0.5, 0.6) is 0 Å². The van der Waals surface area contributed by atoms with Crippen molar-refractivity contribution in [2.75, 3.05) is 18.1 Å². The second kappa shape index (κ2) is 7.92. The second-order valence-corrected chi connectivity index (χ2v) is 9.49. The minimum atomic E-state index is 0.0471. The first-order valence-corrected chi connectivity index (χ1v) is 10.8. The third-order valence-electron chi connectivity index (χ3n) is 6.13. The summed E-state index contributed by atoms with van der Waals surface area (Å²) in [6.07, 6.45) is 3.58. The molecule has 154 valence electrons. The summed E-state index contributed by atoms with van der Waals surface area (Å²) >= 11 is 0. The van der Waals surface area contributed by atoms with Gasteiger partial charge in [-0.25, -0.2) is 0 Å². The lowest BCUT2D eigenvalue weighted by molar-refractivity contribution is -0.281. The van der Waals surface area contributed by atoms with E-state index in [0.717, 1.165) is 30.8 Å². The molecule has 0 saturated carbocycles. The molecule has 1 atom stereocenters. The van der Waals surface area contributed by atoms with Crippen LogP contribution in [0.15, 0.2) is 65.7 Å². The van der Waals surface area contributed by atoms with Gasteiger partial charge in [0.15, 0.2) is 0 Å². The Morgan fingerprint density at radius 3 is 2.10 bits per heavy atom. The van der Waals surface area contributed by atoms with Crippen molar-refractivity contribution in [2.45, 2.75) is 64.1 Å². The van der Waals surface area contributed by atoms with Gasteiger partial charge < -0.3 is 4.90 Å². The minimum absolute atomic E-state index is 0.0471. The van der Waals surface area contributed by atoms with Crippen molar-refractivity contribution >= 4 is 11.5 Å². The molecule has 2 aliphatic heterocycles. The van der Waals surface area contributed by atoms with E-state index in [2.05, 4.69) is 92.3 Å². The number of hydroxylamine groups is 2. The van der Waals surface area contributed by atoms with Crippen LogP contribution in [0.2, 0.25) is 0 Å². The SMILES string of the molecule is CC1(C)CCCC(C)(C)N1OCC1CN(c2ccccc2)C(c2ccccc2)=N1. The molecule has 2 aliphatic rings. The summed E-state index contributed by atoms with van der Waals surface area (Å²) in [5, 5.41) is 2.24. The molecule has 2 aromatic carbocycles. The fourth-order valence-corrected chi connectivity index (χ4v) is 4.81. The molecule has 4 heteroatoms. The molecule has 4 nitrogen and oxygen atoms in total. The highest BCUT2D eigenvalue weighted by atomic mass is 16.7. The Hall–Kier alpha value is -2.17. The fraction of sp³-hybridized carbons (Fsp3) is 0.480. The number of aliphatic imine (C=N–C) groups is 1. The number of anilines is 1. The van der Waals surface area contributed by atoms with E-state index in [1.54, 1.807) is 0 Å². The molecule has 1 unspecified atom stereocenters. The van der Waals surface area contributed by atoms with Gasteiger partial charge in [-0.05, 0) is 59.1 Å². The molecule has 0 aliphatic carbocycles. The van der Waals surface area contributed by atoms with Gasteiger partial charge in [-0.3, -0.25) is 9.83 Å². The Kier molecular flexibility index (Phi) is 5.50. The van der Waals surface area contributed by atoms with Crippen LogP contribution in [-0.4, -0.2) is 41.2 Å². The van der Waals surface area contributed by atoms with Gasteiger partial charge in [-0.15, -0.1) is 0 Å². The molecule has 0 aromatic heterocycles. The van der Waals surface area contributed by atoms with Crippen molar-refractivity contribution in [2.24, 2.45) is 4.99 Å². The van der Waals surface area contributed by atoms with Crippen LogP contribution in [0.4, 0.5) is 5.69 Å². The van der Waals surface area contributed by atoms with E-state index in [1.807, 2.05) is 6.07 Å². The van der Waals surface area contributed by atoms with E-state index in [9.17, 15) is 0 Å². The third kappa shape index (κ3) is 4.24. The van der Waals surface area contributed by atoms with Crippen LogP contribution >= 0.6 is 0 Å². The first-order chi connectivity index (χ1) is 13.9. The number of hydrogen-bond donors (Lipinski definition) is 0. The highest BCUT2D eigenvalue weighted by Gasteiger charge is 2.43. The average molecular weight is 392 g/mol. The second-order valence-electron chi connectivity index (χ2n) is 9.49. The largest absolute Gasteiger partial charge is 0.324 e. The van der Waals surface area contributed by atoms with Gasteiger partial charge in [0.1, 0.15) is 5.84 Å². The summed E-state index contributed by atoms with van der Waals surface area (Å²) < 4.78 is 0. The number of para-hydroxylation sites is 1. The lowest BCUT2D eigenvalue weighted by atomic mass is 9.82. The fourth-order valence-electron chi connectivity index (χ4n) is 4.81. The van der Waals surface area contributed by atoms with Crippen LogP contribution in [0.1, 0.15) is 52.5 Å². The molecule has 0 N–H and O–H groups in total. The number of hydrogen-bond acceptors (Lipinski definition) is 4. The molecule has 0 spiro atoms. The predicted molar refractivity (Wildman–Crippen MR) is 120 cm³/mol. The van der Waals surface area contributed by atoms with Crippen LogP contribution in [0.3, 0.4) is 0 Å². The van der Waals surface area contributed by atoms with E-state index in [-0.39, 0.29) is 17.1 Å². The Labute approximate surface area is 175 Å². The average Bonchev–Trinajstić information content (AvgIpc) is 3.12. The van der Waals surface area contributed by atoms with Crippen LogP contribution in [0, 0.1) is 0 Å². The zero-order chi connectivity index (χ0) is 20.5. The van der Waals surface area contributed by atoms with Crippen LogP contribution in [-0.2, 0) is 4.84 Å². The van der Waals surface area contributed by atoms with E-state index in [4.69, 9.17) is 9.83 Å². The van der Waals surface area contributed by atoms with E-state index in [1.165, 1.54) is 12.1 Å². The zero-order valence-electron chi connectivity index (χ0n) is 18.1. The van der Waals surface area contributed by atoms with Crippen molar-refractivity contribution < 1.29 is 4.84 Å². The summed E-state index contributed by atoms with van der Waals surface area (Å²) in [5.41, 5.74) is 2.42. The highest BCUT2D eigenvalue weighted by Crippen LogP contribution is 2.38. The highest BCUT2D eigenvalue weighted by molar-refractivity contribution is 6.11. The summed E-state index contributed by atoms with van der Waals surface area (Å²) in [4.78, 5) is 13.9. The zero-order valence-corrected chi connectivity index (χ0v) is 18.1. The van der Waals surface area contributed by atoms with E-state index in [0.29, 0.717) is 6.61 Å². The number of rotatable bonds is 5. The topological polar surface area (TPSA) is 28.1 Å². The lowest BCUT2D eigenvalue weighted by Gasteiger charge is -2.51. The molecule has 29 heavy (non-hydrogen) atoms. The monoisotopic (exact) mass is 391 g/mol. The van der Waals surface area contributed by atoms with E-state index >= 15 is 0 Å². The smallest absolute Gasteiger partial charge is 0.135 e. The minimum Gasteiger partial charge on any atom is -0.324 e. The number of benzene rings is 2.